The minimum Gasteiger partial charge on any atom is -0.481 e. The molecular formula is C24H25NO7S. The number of hydroxylamine groups is 2. The van der Waals surface area contributed by atoms with E-state index in [-0.39, 0.29) is 48.6 Å². The van der Waals surface area contributed by atoms with E-state index < -0.39 is 35.6 Å². The average molecular weight is 472 g/mol. The molecule has 1 aliphatic heterocycles. The minimum atomic E-state index is -0.901. The minimum absolute atomic E-state index is 0.00830. The lowest BCUT2D eigenvalue weighted by Gasteiger charge is -2.17. The van der Waals surface area contributed by atoms with Gasteiger partial charge in [0, 0.05) is 23.8 Å². The smallest absolute Gasteiger partial charge is 0.333 e. The second kappa shape index (κ2) is 9.91. The van der Waals surface area contributed by atoms with Gasteiger partial charge in [0.05, 0.1) is 24.7 Å². The van der Waals surface area contributed by atoms with Gasteiger partial charge in [0.1, 0.15) is 5.78 Å². The van der Waals surface area contributed by atoms with Crippen LogP contribution in [-0.2, 0) is 28.8 Å². The zero-order valence-corrected chi connectivity index (χ0v) is 18.7. The molecule has 1 saturated carbocycles. The van der Waals surface area contributed by atoms with Crippen molar-refractivity contribution in [3.05, 3.63) is 48.0 Å². The van der Waals surface area contributed by atoms with Crippen LogP contribution in [-0.4, -0.2) is 45.5 Å². The maximum Gasteiger partial charge on any atom is 0.333 e. The Kier molecular flexibility index (Phi) is 6.97. The molecule has 1 heterocycles. The molecule has 1 aromatic rings. The van der Waals surface area contributed by atoms with Crippen LogP contribution in [0.2, 0.25) is 0 Å². The maximum atomic E-state index is 12.6. The number of hydrogen-bond donors (Lipinski definition) is 1. The van der Waals surface area contributed by atoms with Crippen molar-refractivity contribution in [3.8, 4) is 0 Å². The van der Waals surface area contributed by atoms with E-state index in [4.69, 9.17) is 9.94 Å². The van der Waals surface area contributed by atoms with Crippen molar-refractivity contribution >= 4 is 41.3 Å². The van der Waals surface area contributed by atoms with Gasteiger partial charge in [0.15, 0.2) is 0 Å². The molecule has 5 atom stereocenters. The van der Waals surface area contributed by atoms with Crippen LogP contribution < -0.4 is 0 Å². The average Bonchev–Trinajstić information content (AvgIpc) is 3.48. The molecule has 0 aromatic heterocycles. The summed E-state index contributed by atoms with van der Waals surface area (Å²) in [5, 5.41) is 9.25. The number of benzene rings is 1. The van der Waals surface area contributed by atoms with Crippen LogP contribution in [0.1, 0.15) is 42.9 Å². The Morgan fingerprint density at radius 3 is 2.24 bits per heavy atom. The summed E-state index contributed by atoms with van der Waals surface area (Å²) in [7, 11) is 0. The van der Waals surface area contributed by atoms with Gasteiger partial charge in [0.2, 0.25) is 0 Å². The number of aliphatic carboxylic acids is 1. The number of rotatable bonds is 11. The summed E-state index contributed by atoms with van der Waals surface area (Å²) < 4.78 is 0. The molecule has 3 aliphatic rings. The molecule has 8 nitrogen and oxygen atoms in total. The van der Waals surface area contributed by atoms with Crippen LogP contribution in [0.15, 0.2) is 42.5 Å². The number of Topliss-reactive ketones (excluding diaryl/α,β-unsaturated/α-hetero) is 1. The van der Waals surface area contributed by atoms with Crippen molar-refractivity contribution in [1.82, 2.24) is 5.06 Å². The molecule has 2 fully saturated rings. The third-order valence-corrected chi connectivity index (χ3v) is 7.73. The second-order valence-electron chi connectivity index (χ2n) is 8.59. The SMILES string of the molecule is O=C(O)CCSC(CC(=O)CCC(=O)ON1C(=O)[C@@H]2[C@H](C1=O)[C@H]1C=C[C@@H]2C1)c1ccccc1. The van der Waals surface area contributed by atoms with E-state index in [1.165, 1.54) is 11.8 Å². The summed E-state index contributed by atoms with van der Waals surface area (Å²) in [6, 6.07) is 9.32. The number of hydrogen-bond acceptors (Lipinski definition) is 7. The maximum absolute atomic E-state index is 12.6. The largest absolute Gasteiger partial charge is 0.481 e. The van der Waals surface area contributed by atoms with Gasteiger partial charge in [-0.2, -0.15) is 11.8 Å². The highest BCUT2D eigenvalue weighted by atomic mass is 32.2. The fraction of sp³-hybridized carbons (Fsp3) is 0.458. The summed E-state index contributed by atoms with van der Waals surface area (Å²) >= 11 is 1.39. The highest BCUT2D eigenvalue weighted by Crippen LogP contribution is 2.52. The zero-order chi connectivity index (χ0) is 23.5. The van der Waals surface area contributed by atoms with E-state index in [0.29, 0.717) is 10.8 Å². The predicted molar refractivity (Wildman–Crippen MR) is 118 cm³/mol. The standard InChI is InChI=1S/C24H25NO7S/c26-17(13-18(33-11-10-19(27)28)14-4-2-1-3-5-14)8-9-20(29)32-25-23(30)21-15-6-7-16(12-15)22(21)24(25)31/h1-7,15-16,18,21-22H,8-13H2,(H,27,28)/t15-,16+,18?,21+,22-. The van der Waals surface area contributed by atoms with E-state index in [9.17, 15) is 24.0 Å². The van der Waals surface area contributed by atoms with Gasteiger partial charge in [-0.25, -0.2) is 4.79 Å². The summed E-state index contributed by atoms with van der Waals surface area (Å²) in [5.41, 5.74) is 0.909. The van der Waals surface area contributed by atoms with E-state index in [2.05, 4.69) is 0 Å². The number of carboxylic acids is 1. The molecule has 9 heteroatoms. The van der Waals surface area contributed by atoms with Crippen LogP contribution in [0.4, 0.5) is 0 Å². The van der Waals surface area contributed by atoms with Gasteiger partial charge in [-0.05, 0) is 23.8 Å². The molecule has 33 heavy (non-hydrogen) atoms. The Labute approximate surface area is 195 Å². The molecule has 1 unspecified atom stereocenters. The van der Waals surface area contributed by atoms with E-state index >= 15 is 0 Å². The lowest BCUT2D eigenvalue weighted by molar-refractivity contribution is -0.199. The topological polar surface area (TPSA) is 118 Å². The highest BCUT2D eigenvalue weighted by Gasteiger charge is 2.60. The molecule has 2 aliphatic carbocycles. The van der Waals surface area contributed by atoms with Gasteiger partial charge in [-0.15, -0.1) is 5.06 Å². The Hall–Kier alpha value is -2.94. The number of fused-ring (bicyclic) bond motifs is 5. The zero-order valence-electron chi connectivity index (χ0n) is 17.9. The number of ketones is 1. The normalized spacial score (nSPS) is 25.9. The third kappa shape index (κ3) is 5.03. The monoisotopic (exact) mass is 471 g/mol. The van der Waals surface area contributed by atoms with Crippen LogP contribution in [0.5, 0.6) is 0 Å². The first-order valence-corrected chi connectivity index (χ1v) is 12.1. The fourth-order valence-corrected chi connectivity index (χ4v) is 6.12. The lowest BCUT2D eigenvalue weighted by atomic mass is 9.85. The van der Waals surface area contributed by atoms with Crippen LogP contribution in [0.25, 0.3) is 0 Å². The summed E-state index contributed by atoms with van der Waals surface area (Å²) in [4.78, 5) is 65.9. The fourth-order valence-electron chi connectivity index (χ4n) is 4.89. The Morgan fingerprint density at radius 1 is 1.00 bits per heavy atom. The third-order valence-electron chi connectivity index (χ3n) is 6.45. The van der Waals surface area contributed by atoms with Gasteiger partial charge < -0.3 is 9.94 Å². The van der Waals surface area contributed by atoms with Crippen LogP contribution in [0.3, 0.4) is 0 Å². The van der Waals surface area contributed by atoms with E-state index in [1.54, 1.807) is 0 Å². The number of nitrogens with zero attached hydrogens (tertiary/aromatic N) is 1. The number of carboxylic acid groups (broad SMARTS) is 1. The van der Waals surface area contributed by atoms with Crippen LogP contribution >= 0.6 is 11.8 Å². The number of thioether (sulfide) groups is 1. The summed E-state index contributed by atoms with van der Waals surface area (Å²) in [5.74, 6) is -3.30. The van der Waals surface area contributed by atoms with Gasteiger partial charge in [0.25, 0.3) is 11.8 Å². The predicted octanol–water partition coefficient (Wildman–Crippen LogP) is 2.94. The molecule has 1 aromatic carbocycles. The van der Waals surface area contributed by atoms with Crippen molar-refractivity contribution in [3.63, 3.8) is 0 Å². The molecular weight excluding hydrogens is 446 g/mol. The number of amides is 2. The Morgan fingerprint density at radius 2 is 1.64 bits per heavy atom. The number of carbonyl (C=O) groups is 5. The van der Waals surface area contributed by atoms with Crippen LogP contribution in [0, 0.1) is 23.7 Å². The number of allylic oxidation sites excluding steroid dienone is 2. The lowest BCUT2D eigenvalue weighted by Crippen LogP contribution is -2.35. The van der Waals surface area contributed by atoms with Crippen molar-refractivity contribution in [2.24, 2.45) is 23.7 Å². The molecule has 2 bridgehead atoms. The number of imide groups is 1. The quantitative estimate of drug-likeness (QED) is 0.387. The molecule has 4 rings (SSSR count). The molecule has 0 radical (unpaired) electrons. The van der Waals surface area contributed by atoms with Crippen molar-refractivity contribution in [2.75, 3.05) is 5.75 Å². The Balaban J connectivity index is 1.28. The first-order chi connectivity index (χ1) is 15.8. The van der Waals surface area contributed by atoms with Crippen molar-refractivity contribution in [2.45, 2.75) is 37.4 Å². The van der Waals surface area contributed by atoms with Gasteiger partial charge in [-0.3, -0.25) is 19.2 Å². The first kappa shape index (κ1) is 23.2. The molecule has 174 valence electrons. The molecule has 0 spiro atoms. The molecule has 1 N–H and O–H groups in total. The van der Waals surface area contributed by atoms with Gasteiger partial charge >= 0.3 is 11.9 Å². The van der Waals surface area contributed by atoms with Crippen molar-refractivity contribution < 1.29 is 33.9 Å². The Bertz CT molecular complexity index is 962. The first-order valence-electron chi connectivity index (χ1n) is 11.0. The number of carbonyl (C=O) groups excluding carboxylic acids is 4. The molecule has 1 saturated heterocycles. The second-order valence-corrected chi connectivity index (χ2v) is 9.90. The van der Waals surface area contributed by atoms with E-state index in [0.717, 1.165) is 12.0 Å². The van der Waals surface area contributed by atoms with E-state index in [1.807, 2.05) is 42.5 Å². The summed E-state index contributed by atoms with van der Waals surface area (Å²) in [6.45, 7) is 0. The summed E-state index contributed by atoms with van der Waals surface area (Å²) in [6.07, 6.45) is 4.51. The highest BCUT2D eigenvalue weighted by molar-refractivity contribution is 7.99. The molecule has 2 amide bonds. The van der Waals surface area contributed by atoms with Crippen molar-refractivity contribution in [1.29, 1.82) is 0 Å². The van der Waals surface area contributed by atoms with Gasteiger partial charge in [-0.1, -0.05) is 42.5 Å².